The normalized spacial score (nSPS) is 19.8. The third-order valence-electron chi connectivity index (χ3n) is 4.72. The molecular formula is C19H24N2O5S. The van der Waals surface area contributed by atoms with Gasteiger partial charge in [-0.3, -0.25) is 4.98 Å². The summed E-state index contributed by atoms with van der Waals surface area (Å²) in [5.74, 6) is 0.818. The zero-order chi connectivity index (χ0) is 19.4. The molecule has 1 N–H and O–H groups in total. The molecule has 1 aliphatic rings. The second kappa shape index (κ2) is 8.24. The molecule has 0 saturated carbocycles. The molecule has 146 valence electrons. The van der Waals surface area contributed by atoms with Gasteiger partial charge in [0.05, 0.1) is 33.5 Å². The summed E-state index contributed by atoms with van der Waals surface area (Å²) in [6.07, 6.45) is 4.17. The van der Waals surface area contributed by atoms with E-state index in [1.807, 2.05) is 19.1 Å². The maximum Gasteiger partial charge on any atom is 0.244 e. The SMILES string of the molecule is COc1cc(S(=O)(=O)N[C@H]2COC[C@H]2Cc2ccncc2)c(OC)cc1C. The summed E-state index contributed by atoms with van der Waals surface area (Å²) in [6, 6.07) is 6.69. The number of hydrogen-bond acceptors (Lipinski definition) is 6. The van der Waals surface area contributed by atoms with Gasteiger partial charge in [0.1, 0.15) is 16.4 Å². The lowest BCUT2D eigenvalue weighted by molar-refractivity contribution is 0.183. The van der Waals surface area contributed by atoms with Gasteiger partial charge in [0.2, 0.25) is 10.0 Å². The van der Waals surface area contributed by atoms with Gasteiger partial charge < -0.3 is 14.2 Å². The minimum atomic E-state index is -3.81. The van der Waals surface area contributed by atoms with Crippen molar-refractivity contribution in [3.63, 3.8) is 0 Å². The Balaban J connectivity index is 1.83. The Morgan fingerprint density at radius 1 is 1.15 bits per heavy atom. The number of ether oxygens (including phenoxy) is 3. The van der Waals surface area contributed by atoms with E-state index in [2.05, 4.69) is 9.71 Å². The van der Waals surface area contributed by atoms with Crippen molar-refractivity contribution in [2.45, 2.75) is 24.3 Å². The highest BCUT2D eigenvalue weighted by Crippen LogP contribution is 2.32. The van der Waals surface area contributed by atoms with Crippen molar-refractivity contribution < 1.29 is 22.6 Å². The first-order valence-corrected chi connectivity index (χ1v) is 10.1. The molecule has 1 aromatic carbocycles. The van der Waals surface area contributed by atoms with Gasteiger partial charge in [-0.1, -0.05) is 0 Å². The minimum absolute atomic E-state index is 0.0421. The highest BCUT2D eigenvalue weighted by Gasteiger charge is 2.33. The topological polar surface area (TPSA) is 86.8 Å². The van der Waals surface area contributed by atoms with Crippen LogP contribution in [0.2, 0.25) is 0 Å². The lowest BCUT2D eigenvalue weighted by atomic mass is 9.96. The minimum Gasteiger partial charge on any atom is -0.496 e. The Hall–Kier alpha value is -2.16. The highest BCUT2D eigenvalue weighted by atomic mass is 32.2. The second-order valence-corrected chi connectivity index (χ2v) is 8.24. The zero-order valence-corrected chi connectivity index (χ0v) is 16.5. The highest BCUT2D eigenvalue weighted by molar-refractivity contribution is 7.89. The van der Waals surface area contributed by atoms with E-state index in [4.69, 9.17) is 14.2 Å². The van der Waals surface area contributed by atoms with Crippen LogP contribution in [-0.4, -0.2) is 46.9 Å². The van der Waals surface area contributed by atoms with Crippen molar-refractivity contribution in [3.8, 4) is 11.5 Å². The molecule has 0 amide bonds. The molecule has 2 aromatic rings. The van der Waals surface area contributed by atoms with Crippen molar-refractivity contribution >= 4 is 10.0 Å². The molecule has 1 aliphatic heterocycles. The van der Waals surface area contributed by atoms with Crippen LogP contribution in [0, 0.1) is 12.8 Å². The van der Waals surface area contributed by atoms with E-state index in [0.29, 0.717) is 25.4 Å². The average molecular weight is 392 g/mol. The number of benzene rings is 1. The number of pyridine rings is 1. The van der Waals surface area contributed by atoms with Crippen LogP contribution in [0.4, 0.5) is 0 Å². The number of rotatable bonds is 7. The van der Waals surface area contributed by atoms with Crippen LogP contribution in [0.3, 0.4) is 0 Å². The Bertz CT molecular complexity index is 886. The van der Waals surface area contributed by atoms with E-state index in [1.54, 1.807) is 18.5 Å². The number of nitrogens with one attached hydrogen (secondary N) is 1. The van der Waals surface area contributed by atoms with Crippen LogP contribution >= 0.6 is 0 Å². The predicted octanol–water partition coefficient (Wildman–Crippen LogP) is 1.94. The number of sulfonamides is 1. The van der Waals surface area contributed by atoms with Crippen molar-refractivity contribution in [2.75, 3.05) is 27.4 Å². The molecule has 7 nitrogen and oxygen atoms in total. The fourth-order valence-electron chi connectivity index (χ4n) is 3.25. The van der Waals surface area contributed by atoms with Gasteiger partial charge in [-0.05, 0) is 42.7 Å². The van der Waals surface area contributed by atoms with Gasteiger partial charge in [-0.2, -0.15) is 0 Å². The van der Waals surface area contributed by atoms with E-state index in [-0.39, 0.29) is 22.6 Å². The summed E-state index contributed by atoms with van der Waals surface area (Å²) in [4.78, 5) is 4.07. The summed E-state index contributed by atoms with van der Waals surface area (Å²) in [5, 5.41) is 0. The molecule has 2 atom stereocenters. The smallest absolute Gasteiger partial charge is 0.244 e. The molecule has 0 unspecified atom stereocenters. The number of nitrogens with zero attached hydrogens (tertiary/aromatic N) is 1. The standard InChI is InChI=1S/C19H24N2O5S/c1-13-8-18(25-3)19(10-17(13)24-2)27(22,23)21-16-12-26-11-15(16)9-14-4-6-20-7-5-14/h4-8,10,15-16,21H,9,11-12H2,1-3H3/t15-,16+/m1/s1. The summed E-state index contributed by atoms with van der Waals surface area (Å²) in [6.45, 7) is 2.67. The molecule has 8 heteroatoms. The molecular weight excluding hydrogens is 368 g/mol. The van der Waals surface area contributed by atoms with Gasteiger partial charge in [-0.15, -0.1) is 0 Å². The number of aromatic nitrogens is 1. The van der Waals surface area contributed by atoms with Crippen LogP contribution in [0.1, 0.15) is 11.1 Å². The quantitative estimate of drug-likeness (QED) is 0.775. The van der Waals surface area contributed by atoms with E-state index in [0.717, 1.165) is 11.1 Å². The molecule has 0 bridgehead atoms. The molecule has 3 rings (SSSR count). The number of hydrogen-bond donors (Lipinski definition) is 1. The van der Waals surface area contributed by atoms with E-state index in [9.17, 15) is 8.42 Å². The van der Waals surface area contributed by atoms with Gasteiger partial charge in [0.25, 0.3) is 0 Å². The fraction of sp³-hybridized carbons (Fsp3) is 0.421. The van der Waals surface area contributed by atoms with Gasteiger partial charge in [-0.25, -0.2) is 13.1 Å². The van der Waals surface area contributed by atoms with Crippen molar-refractivity contribution in [1.82, 2.24) is 9.71 Å². The Labute approximate surface area is 159 Å². The largest absolute Gasteiger partial charge is 0.496 e. The molecule has 2 heterocycles. The molecule has 1 aromatic heterocycles. The van der Waals surface area contributed by atoms with Crippen LogP contribution in [0.15, 0.2) is 41.6 Å². The first-order valence-electron chi connectivity index (χ1n) is 8.66. The second-order valence-electron chi connectivity index (χ2n) is 6.56. The lowest BCUT2D eigenvalue weighted by Crippen LogP contribution is -2.40. The Kier molecular flexibility index (Phi) is 5.98. The van der Waals surface area contributed by atoms with Crippen molar-refractivity contribution in [3.05, 3.63) is 47.8 Å². The molecule has 27 heavy (non-hydrogen) atoms. The Morgan fingerprint density at radius 3 is 2.52 bits per heavy atom. The first-order chi connectivity index (χ1) is 12.9. The van der Waals surface area contributed by atoms with Crippen LogP contribution in [0.25, 0.3) is 0 Å². The third kappa shape index (κ3) is 4.40. The average Bonchev–Trinajstić information content (AvgIpc) is 3.08. The van der Waals surface area contributed by atoms with Crippen LogP contribution in [0.5, 0.6) is 11.5 Å². The van der Waals surface area contributed by atoms with Gasteiger partial charge in [0.15, 0.2) is 0 Å². The summed E-state index contributed by atoms with van der Waals surface area (Å²) in [7, 11) is -0.851. The van der Waals surface area contributed by atoms with Gasteiger partial charge in [0, 0.05) is 24.4 Å². The number of aryl methyl sites for hydroxylation is 1. The monoisotopic (exact) mass is 392 g/mol. The predicted molar refractivity (Wildman–Crippen MR) is 101 cm³/mol. The van der Waals surface area contributed by atoms with Gasteiger partial charge >= 0.3 is 0 Å². The number of methoxy groups -OCH3 is 2. The first kappa shape index (κ1) is 19.6. The molecule has 1 saturated heterocycles. The van der Waals surface area contributed by atoms with E-state index in [1.165, 1.54) is 20.3 Å². The molecule has 0 radical (unpaired) electrons. The summed E-state index contributed by atoms with van der Waals surface area (Å²) >= 11 is 0. The van der Waals surface area contributed by atoms with Crippen molar-refractivity contribution in [1.29, 1.82) is 0 Å². The van der Waals surface area contributed by atoms with Crippen LogP contribution < -0.4 is 14.2 Å². The summed E-state index contributed by atoms with van der Waals surface area (Å²) < 4.78 is 45.0. The lowest BCUT2D eigenvalue weighted by Gasteiger charge is -2.20. The maximum atomic E-state index is 13.0. The third-order valence-corrected chi connectivity index (χ3v) is 6.23. The Morgan fingerprint density at radius 2 is 1.85 bits per heavy atom. The fourth-order valence-corrected chi connectivity index (χ4v) is 4.70. The zero-order valence-electron chi connectivity index (χ0n) is 15.6. The molecule has 0 aliphatic carbocycles. The van der Waals surface area contributed by atoms with E-state index < -0.39 is 10.0 Å². The van der Waals surface area contributed by atoms with Crippen molar-refractivity contribution in [2.24, 2.45) is 5.92 Å². The summed E-state index contributed by atoms with van der Waals surface area (Å²) in [5.41, 5.74) is 1.90. The van der Waals surface area contributed by atoms with E-state index >= 15 is 0 Å². The van der Waals surface area contributed by atoms with Crippen LogP contribution in [-0.2, 0) is 21.2 Å². The molecule has 0 spiro atoms. The maximum absolute atomic E-state index is 13.0. The molecule has 1 fully saturated rings.